The van der Waals surface area contributed by atoms with Crippen LogP contribution in [0.5, 0.6) is 0 Å². The molecule has 0 bridgehead atoms. The second kappa shape index (κ2) is 19.4. The predicted molar refractivity (Wildman–Crippen MR) is 239 cm³/mol. The van der Waals surface area contributed by atoms with Crippen LogP contribution in [-0.2, 0) is 6.42 Å². The van der Waals surface area contributed by atoms with Crippen LogP contribution in [-0.4, -0.2) is 0 Å². The summed E-state index contributed by atoms with van der Waals surface area (Å²) in [6, 6.07) is 74.9. The van der Waals surface area contributed by atoms with Crippen molar-refractivity contribution >= 4 is 28.4 Å². The van der Waals surface area contributed by atoms with Crippen LogP contribution in [0.2, 0.25) is 0 Å². The number of fused-ring (bicyclic) bond motifs is 3. The Bertz CT molecular complexity index is 2250. The normalized spacial score (nSPS) is 10.5. The Morgan fingerprint density at radius 2 is 0.655 bits per heavy atom. The van der Waals surface area contributed by atoms with E-state index in [1.807, 2.05) is 82.3 Å². The van der Waals surface area contributed by atoms with E-state index in [0.717, 1.165) is 34.9 Å². The fourth-order valence-corrected chi connectivity index (χ4v) is 6.79. The maximum Gasteiger partial charge on any atom is 0.0462 e. The van der Waals surface area contributed by atoms with Crippen LogP contribution < -0.4 is 10.2 Å². The molecule has 0 fully saturated rings. The van der Waals surface area contributed by atoms with Crippen molar-refractivity contribution in [2.24, 2.45) is 0 Å². The number of para-hydroxylation sites is 3. The molecule has 0 heterocycles. The van der Waals surface area contributed by atoms with E-state index in [2.05, 4.69) is 168 Å². The molecule has 1 aliphatic carbocycles. The molecule has 1 aliphatic rings. The summed E-state index contributed by atoms with van der Waals surface area (Å²) in [6.07, 6.45) is 0.952. The topological polar surface area (TPSA) is 15.3 Å². The third kappa shape index (κ3) is 9.48. The van der Waals surface area contributed by atoms with E-state index >= 15 is 0 Å². The molecule has 0 atom stereocenters. The average molecular weight is 715 g/mol. The Labute approximate surface area is 328 Å². The van der Waals surface area contributed by atoms with Crippen molar-refractivity contribution < 1.29 is 0 Å². The standard InChI is InChI=1S/C43H32N2.C6H6.2C2H6/c1-4-10-37(11-5-1)44-38-22-16-31(17-23-38)33-20-26-42-35(28-33)30-36-29-34(21-27-43(36)42)32-18-24-41(25-19-32)45(39-12-6-2-7-13-39)40-14-8-3-9-15-40;1-2-4-6-5-3-1;2*1-2/h1-29,44H,30H2;1-6H;2*1-2H3. The minimum absolute atomic E-state index is 0.952. The number of anilines is 5. The molecule has 272 valence electrons. The van der Waals surface area contributed by atoms with Gasteiger partial charge < -0.3 is 10.2 Å². The Morgan fingerprint density at radius 3 is 1.09 bits per heavy atom. The first-order valence-electron chi connectivity index (χ1n) is 19.5. The highest BCUT2D eigenvalue weighted by Gasteiger charge is 2.20. The summed E-state index contributed by atoms with van der Waals surface area (Å²) < 4.78 is 0. The molecular formula is C53H50N2. The van der Waals surface area contributed by atoms with Crippen molar-refractivity contribution in [2.45, 2.75) is 34.1 Å². The van der Waals surface area contributed by atoms with Crippen LogP contribution in [0.4, 0.5) is 28.4 Å². The van der Waals surface area contributed by atoms with E-state index in [4.69, 9.17) is 0 Å². The van der Waals surface area contributed by atoms with Crippen molar-refractivity contribution in [1.29, 1.82) is 0 Å². The van der Waals surface area contributed by atoms with E-state index < -0.39 is 0 Å². The van der Waals surface area contributed by atoms with Gasteiger partial charge in [0.2, 0.25) is 0 Å². The molecule has 2 nitrogen and oxygen atoms in total. The van der Waals surface area contributed by atoms with Gasteiger partial charge in [0.05, 0.1) is 0 Å². The first kappa shape index (κ1) is 38.1. The lowest BCUT2D eigenvalue weighted by molar-refractivity contribution is 1.26. The number of rotatable bonds is 7. The maximum atomic E-state index is 3.48. The Balaban J connectivity index is 0.000000459. The zero-order valence-corrected chi connectivity index (χ0v) is 32.4. The van der Waals surface area contributed by atoms with Gasteiger partial charge in [-0.05, 0) is 112 Å². The summed E-state index contributed by atoms with van der Waals surface area (Å²) in [6.45, 7) is 8.00. The Morgan fingerprint density at radius 1 is 0.327 bits per heavy atom. The molecule has 0 unspecified atom stereocenters. The fourth-order valence-electron chi connectivity index (χ4n) is 6.79. The van der Waals surface area contributed by atoms with Gasteiger partial charge in [0, 0.05) is 28.4 Å². The van der Waals surface area contributed by atoms with Gasteiger partial charge in [0.15, 0.2) is 0 Å². The molecule has 0 spiro atoms. The molecule has 55 heavy (non-hydrogen) atoms. The van der Waals surface area contributed by atoms with Crippen LogP contribution in [0, 0.1) is 0 Å². The Hall–Kier alpha value is -6.64. The molecule has 8 aromatic carbocycles. The molecule has 0 aromatic heterocycles. The molecule has 0 amide bonds. The van der Waals surface area contributed by atoms with Crippen molar-refractivity contribution in [3.63, 3.8) is 0 Å². The summed E-state index contributed by atoms with van der Waals surface area (Å²) in [5.74, 6) is 0. The Kier molecular flexibility index (Phi) is 13.5. The lowest BCUT2D eigenvalue weighted by Gasteiger charge is -2.25. The lowest BCUT2D eigenvalue weighted by Crippen LogP contribution is -2.09. The van der Waals surface area contributed by atoms with Crippen molar-refractivity contribution in [3.8, 4) is 33.4 Å². The van der Waals surface area contributed by atoms with Crippen molar-refractivity contribution in [1.82, 2.24) is 0 Å². The van der Waals surface area contributed by atoms with E-state index in [9.17, 15) is 0 Å². The highest BCUT2D eigenvalue weighted by atomic mass is 15.1. The number of benzene rings is 8. The highest BCUT2D eigenvalue weighted by Crippen LogP contribution is 2.41. The molecule has 1 N–H and O–H groups in total. The number of nitrogens with one attached hydrogen (secondary N) is 1. The quantitative estimate of drug-likeness (QED) is 0.177. The van der Waals surface area contributed by atoms with Crippen LogP contribution in [0.15, 0.2) is 212 Å². The van der Waals surface area contributed by atoms with Gasteiger partial charge in [-0.1, -0.05) is 179 Å². The van der Waals surface area contributed by atoms with Crippen LogP contribution in [0.1, 0.15) is 38.8 Å². The van der Waals surface area contributed by atoms with E-state index in [0.29, 0.717) is 0 Å². The van der Waals surface area contributed by atoms with Crippen molar-refractivity contribution in [2.75, 3.05) is 10.2 Å². The first-order chi connectivity index (χ1) is 27.3. The average Bonchev–Trinajstić information content (AvgIpc) is 3.65. The molecule has 9 rings (SSSR count). The SMILES string of the molecule is CC.CC.c1ccc(Nc2ccc(-c3ccc4c(c3)Cc3cc(-c5ccc(N(c6ccccc6)c6ccccc6)cc5)ccc3-4)cc2)cc1.c1ccccc1. The summed E-state index contributed by atoms with van der Waals surface area (Å²) in [5.41, 5.74) is 16.0. The first-order valence-corrected chi connectivity index (χ1v) is 19.5. The molecule has 0 saturated carbocycles. The van der Waals surface area contributed by atoms with Crippen LogP contribution >= 0.6 is 0 Å². The fraction of sp³-hybridized carbons (Fsp3) is 0.0943. The largest absolute Gasteiger partial charge is 0.356 e. The smallest absolute Gasteiger partial charge is 0.0462 e. The molecule has 0 aliphatic heterocycles. The molecular weight excluding hydrogens is 665 g/mol. The highest BCUT2D eigenvalue weighted by molar-refractivity contribution is 5.84. The van der Waals surface area contributed by atoms with E-state index in [1.165, 1.54) is 44.5 Å². The summed E-state index contributed by atoms with van der Waals surface area (Å²) in [7, 11) is 0. The van der Waals surface area contributed by atoms with Crippen molar-refractivity contribution in [3.05, 3.63) is 223 Å². The maximum absolute atomic E-state index is 3.48. The number of nitrogens with zero attached hydrogens (tertiary/aromatic N) is 1. The lowest BCUT2D eigenvalue weighted by atomic mass is 9.98. The summed E-state index contributed by atoms with van der Waals surface area (Å²) in [5, 5.41) is 3.48. The van der Waals surface area contributed by atoms with Gasteiger partial charge in [0.1, 0.15) is 0 Å². The molecule has 2 heteroatoms. The number of hydrogen-bond acceptors (Lipinski definition) is 2. The third-order valence-electron chi connectivity index (χ3n) is 9.32. The van der Waals surface area contributed by atoms with Gasteiger partial charge in [-0.15, -0.1) is 0 Å². The molecule has 8 aromatic rings. The van der Waals surface area contributed by atoms with Gasteiger partial charge in [-0.2, -0.15) is 0 Å². The molecule has 0 radical (unpaired) electrons. The van der Waals surface area contributed by atoms with Gasteiger partial charge in [-0.25, -0.2) is 0 Å². The van der Waals surface area contributed by atoms with Crippen LogP contribution in [0.25, 0.3) is 33.4 Å². The number of hydrogen-bond donors (Lipinski definition) is 1. The summed E-state index contributed by atoms with van der Waals surface area (Å²) in [4.78, 5) is 2.30. The zero-order valence-electron chi connectivity index (χ0n) is 32.4. The van der Waals surface area contributed by atoms with Crippen LogP contribution in [0.3, 0.4) is 0 Å². The minimum Gasteiger partial charge on any atom is -0.356 e. The molecule has 0 saturated heterocycles. The van der Waals surface area contributed by atoms with E-state index in [-0.39, 0.29) is 0 Å². The predicted octanol–water partition coefficient (Wildman–Crippen LogP) is 15.5. The minimum atomic E-state index is 0.952. The monoisotopic (exact) mass is 714 g/mol. The van der Waals surface area contributed by atoms with Gasteiger partial charge in [-0.3, -0.25) is 0 Å². The van der Waals surface area contributed by atoms with Gasteiger partial charge >= 0.3 is 0 Å². The summed E-state index contributed by atoms with van der Waals surface area (Å²) >= 11 is 0. The second-order valence-electron chi connectivity index (χ2n) is 12.7. The van der Waals surface area contributed by atoms with E-state index in [1.54, 1.807) is 0 Å². The second-order valence-corrected chi connectivity index (χ2v) is 12.7. The zero-order chi connectivity index (χ0) is 38.2. The van der Waals surface area contributed by atoms with Gasteiger partial charge in [0.25, 0.3) is 0 Å². The third-order valence-corrected chi connectivity index (χ3v) is 9.32.